The number of hydrogen-bond acceptors (Lipinski definition) is 8. The maximum Gasteiger partial charge on any atom is 0.490 e. The quantitative estimate of drug-likeness (QED) is 0.0444. The van der Waals surface area contributed by atoms with Crippen LogP contribution in [0.1, 0.15) is 36.8 Å². The second-order valence-corrected chi connectivity index (χ2v) is 10.4. The lowest BCUT2D eigenvalue weighted by Crippen LogP contribution is -2.54. The number of guanidine groups is 1. The third-order valence-electron chi connectivity index (χ3n) is 6.56. The normalized spacial score (nSPS) is 12.5. The molecular formula is C30H41F3N10O6. The van der Waals surface area contributed by atoms with Crippen LogP contribution >= 0.6 is 0 Å². The van der Waals surface area contributed by atoms with Crippen LogP contribution in [-0.4, -0.2) is 77.8 Å². The maximum absolute atomic E-state index is 13.6. The van der Waals surface area contributed by atoms with Gasteiger partial charge in [-0.25, -0.2) is 4.79 Å². The van der Waals surface area contributed by atoms with Gasteiger partial charge in [0.15, 0.2) is 5.96 Å². The molecule has 0 aliphatic heterocycles. The summed E-state index contributed by atoms with van der Waals surface area (Å²) in [5, 5.41) is 22.7. The lowest BCUT2D eigenvalue weighted by Gasteiger charge is -2.24. The number of hydrogen-bond donors (Lipinski definition) is 10. The number of para-hydroxylation sites is 1. The molecule has 268 valence electrons. The Morgan fingerprint density at radius 3 is 1.86 bits per heavy atom. The summed E-state index contributed by atoms with van der Waals surface area (Å²) in [5.74, 6) is -6.87. The Morgan fingerprint density at radius 1 is 0.816 bits per heavy atom. The molecule has 2 aromatic rings. The minimum Gasteiger partial charge on any atom is -0.475 e. The fourth-order valence-corrected chi connectivity index (χ4v) is 4.04. The van der Waals surface area contributed by atoms with Crippen LogP contribution in [0.15, 0.2) is 59.6 Å². The number of carboxylic acids is 1. The third kappa shape index (κ3) is 16.1. The van der Waals surface area contributed by atoms with Crippen LogP contribution < -0.4 is 44.6 Å². The van der Waals surface area contributed by atoms with Crippen molar-refractivity contribution in [1.29, 1.82) is 5.41 Å². The van der Waals surface area contributed by atoms with Gasteiger partial charge in [0.05, 0.1) is 0 Å². The first kappa shape index (κ1) is 41.3. The van der Waals surface area contributed by atoms with E-state index in [2.05, 4.69) is 20.9 Å². The lowest BCUT2D eigenvalue weighted by atomic mass is 9.95. The van der Waals surface area contributed by atoms with Gasteiger partial charge in [0.25, 0.3) is 0 Å². The average molecular weight is 695 g/mol. The van der Waals surface area contributed by atoms with Crippen LogP contribution in [0, 0.1) is 11.3 Å². The molecule has 3 atom stereocenters. The second-order valence-electron chi connectivity index (χ2n) is 10.4. The molecule has 0 aromatic heterocycles. The molecule has 0 aliphatic rings. The number of amidine groups is 1. The summed E-state index contributed by atoms with van der Waals surface area (Å²) >= 11 is 0. The number of aliphatic imine (C=N–C) groups is 1. The number of carbonyl (C=O) groups excluding carboxylic acids is 4. The van der Waals surface area contributed by atoms with Gasteiger partial charge in [0.1, 0.15) is 23.8 Å². The standard InChI is InChI=1S/C28H40N10O4.C2HF3O2/c29-14-4-8-22(27(42)37-21(24(32)39)9-5-15-35-28(33)34)38-26(41)20(25(40)36-19-6-2-1-3-7-19)16-17-10-12-18(13-11-17)23(30)31;3-2(4,5)1(6)7/h1-3,6-7,10-13,20-22H,4-5,8-9,14-16,29H2,(H3,30,31)(H2,32,39)(H,36,40)(H,37,42)(H,38,41)(H4,33,34,35);(H,6,7)/t20?,21-,22?;/m0./s1. The Morgan fingerprint density at radius 2 is 1.37 bits per heavy atom. The number of halogens is 3. The summed E-state index contributed by atoms with van der Waals surface area (Å²) < 4.78 is 31.7. The number of nitrogens with zero attached hydrogens (tertiary/aromatic N) is 1. The summed E-state index contributed by atoms with van der Waals surface area (Å²) in [6.45, 7) is 0.485. The summed E-state index contributed by atoms with van der Waals surface area (Å²) in [6.07, 6.45) is -3.99. The Hall–Kier alpha value is -5.72. The van der Waals surface area contributed by atoms with Crippen molar-refractivity contribution in [3.8, 4) is 0 Å². The predicted octanol–water partition coefficient (Wildman–Crippen LogP) is -0.351. The second kappa shape index (κ2) is 20.5. The van der Waals surface area contributed by atoms with Crippen LogP contribution in [0.4, 0.5) is 18.9 Å². The smallest absolute Gasteiger partial charge is 0.475 e. The van der Waals surface area contributed by atoms with E-state index in [9.17, 15) is 32.3 Å². The first-order valence-corrected chi connectivity index (χ1v) is 14.7. The zero-order valence-electron chi connectivity index (χ0n) is 26.3. The molecule has 2 rings (SSSR count). The van der Waals surface area contributed by atoms with Crippen molar-refractivity contribution < 1.29 is 42.3 Å². The van der Waals surface area contributed by atoms with E-state index in [1.165, 1.54) is 0 Å². The molecule has 16 nitrogen and oxygen atoms in total. The molecule has 0 fully saturated rings. The van der Waals surface area contributed by atoms with Gasteiger partial charge in [-0.2, -0.15) is 13.2 Å². The van der Waals surface area contributed by atoms with E-state index < -0.39 is 53.8 Å². The highest BCUT2D eigenvalue weighted by Gasteiger charge is 2.38. The number of nitrogens with two attached hydrogens (primary N) is 5. The maximum atomic E-state index is 13.6. The van der Waals surface area contributed by atoms with Gasteiger partial charge in [-0.05, 0) is 56.3 Å². The molecule has 0 radical (unpaired) electrons. The largest absolute Gasteiger partial charge is 0.490 e. The van der Waals surface area contributed by atoms with Crippen molar-refractivity contribution in [3.63, 3.8) is 0 Å². The number of rotatable bonds is 17. The molecule has 49 heavy (non-hydrogen) atoms. The fraction of sp³-hybridized carbons (Fsp3) is 0.367. The molecule has 15 N–H and O–H groups in total. The van der Waals surface area contributed by atoms with Gasteiger partial charge in [-0.1, -0.05) is 42.5 Å². The van der Waals surface area contributed by atoms with Gasteiger partial charge in [-0.3, -0.25) is 29.6 Å². The highest BCUT2D eigenvalue weighted by Crippen LogP contribution is 2.16. The van der Waals surface area contributed by atoms with Gasteiger partial charge < -0.3 is 49.7 Å². The number of nitrogens with one attached hydrogen (secondary N) is 4. The number of benzene rings is 2. The molecular weight excluding hydrogens is 653 g/mol. The minimum atomic E-state index is -5.08. The average Bonchev–Trinajstić information content (AvgIpc) is 3.03. The molecule has 2 aromatic carbocycles. The van der Waals surface area contributed by atoms with Gasteiger partial charge in [0, 0.05) is 17.8 Å². The van der Waals surface area contributed by atoms with E-state index >= 15 is 0 Å². The third-order valence-corrected chi connectivity index (χ3v) is 6.56. The van der Waals surface area contributed by atoms with E-state index in [0.29, 0.717) is 29.7 Å². The first-order chi connectivity index (χ1) is 23.0. The predicted molar refractivity (Wildman–Crippen MR) is 175 cm³/mol. The molecule has 2 unspecified atom stereocenters. The van der Waals surface area contributed by atoms with Crippen molar-refractivity contribution in [3.05, 3.63) is 65.7 Å². The number of carbonyl (C=O) groups is 5. The van der Waals surface area contributed by atoms with Crippen molar-refractivity contribution in [2.45, 2.75) is 50.4 Å². The first-order valence-electron chi connectivity index (χ1n) is 14.7. The van der Waals surface area contributed by atoms with Gasteiger partial charge >= 0.3 is 12.1 Å². The van der Waals surface area contributed by atoms with E-state index in [1.54, 1.807) is 54.6 Å². The Kier molecular flexibility index (Phi) is 17.3. The van der Waals surface area contributed by atoms with Crippen LogP contribution in [0.25, 0.3) is 0 Å². The molecule has 4 amide bonds. The van der Waals surface area contributed by atoms with Crippen LogP contribution in [0.5, 0.6) is 0 Å². The summed E-state index contributed by atoms with van der Waals surface area (Å²) in [7, 11) is 0. The molecule has 0 saturated carbocycles. The Balaban J connectivity index is 0.00000154. The van der Waals surface area contributed by atoms with Crippen LogP contribution in [-0.2, 0) is 30.4 Å². The topological polar surface area (TPSA) is 308 Å². The van der Waals surface area contributed by atoms with Gasteiger partial charge in [0.2, 0.25) is 23.6 Å². The summed E-state index contributed by atoms with van der Waals surface area (Å²) in [5.41, 5.74) is 28.9. The van der Waals surface area contributed by atoms with E-state index in [-0.39, 0.29) is 44.1 Å². The number of anilines is 1. The van der Waals surface area contributed by atoms with Crippen molar-refractivity contribution in [1.82, 2.24) is 10.6 Å². The van der Waals surface area contributed by atoms with Crippen LogP contribution in [0.2, 0.25) is 0 Å². The number of aliphatic carboxylic acids is 1. The molecule has 0 bridgehead atoms. The highest BCUT2D eigenvalue weighted by molar-refractivity contribution is 6.07. The monoisotopic (exact) mass is 694 g/mol. The summed E-state index contributed by atoms with van der Waals surface area (Å²) in [6, 6.07) is 13.1. The minimum absolute atomic E-state index is 0.00259. The molecule has 0 saturated heterocycles. The Bertz CT molecular complexity index is 1450. The van der Waals surface area contributed by atoms with Crippen molar-refractivity contribution >= 4 is 47.1 Å². The van der Waals surface area contributed by atoms with Gasteiger partial charge in [-0.15, -0.1) is 0 Å². The van der Waals surface area contributed by atoms with Crippen LogP contribution in [0.3, 0.4) is 0 Å². The number of amides is 4. The highest BCUT2D eigenvalue weighted by atomic mass is 19.4. The zero-order valence-corrected chi connectivity index (χ0v) is 26.3. The fourth-order valence-electron chi connectivity index (χ4n) is 4.04. The Labute approximate surface area is 279 Å². The number of nitrogen functional groups attached to an aromatic ring is 1. The van der Waals surface area contributed by atoms with E-state index in [1.807, 2.05) is 0 Å². The summed E-state index contributed by atoms with van der Waals surface area (Å²) in [4.78, 5) is 64.8. The van der Waals surface area contributed by atoms with Crippen molar-refractivity contribution in [2.75, 3.05) is 18.4 Å². The van der Waals surface area contributed by atoms with E-state index in [4.69, 9.17) is 44.0 Å². The number of alkyl halides is 3. The molecule has 0 heterocycles. The number of carboxylic acid groups (broad SMARTS) is 1. The molecule has 19 heteroatoms. The SMILES string of the molecule is N=C(N)c1ccc(CC(C(=O)Nc2ccccc2)C(=O)NC(CCCN)C(=O)N[C@@H](CCCN=C(N)N)C(N)=O)cc1.O=C(O)C(F)(F)F. The molecule has 0 aliphatic carbocycles. The zero-order chi connectivity index (χ0) is 37.1. The number of primary amides is 1. The lowest BCUT2D eigenvalue weighted by molar-refractivity contribution is -0.192. The van der Waals surface area contributed by atoms with E-state index in [0.717, 1.165) is 0 Å². The molecule has 0 spiro atoms. The van der Waals surface area contributed by atoms with Crippen molar-refractivity contribution in [2.24, 2.45) is 39.6 Å².